The zero-order valence-corrected chi connectivity index (χ0v) is 16.3. The molecule has 146 valence electrons. The molecule has 1 aromatic heterocycles. The van der Waals surface area contributed by atoms with Gasteiger partial charge in [-0.1, -0.05) is 6.07 Å². The van der Waals surface area contributed by atoms with E-state index in [9.17, 15) is 0 Å². The summed E-state index contributed by atoms with van der Waals surface area (Å²) in [5.74, 6) is 1.92. The molecule has 1 saturated heterocycles. The first-order chi connectivity index (χ1) is 13.3. The lowest BCUT2D eigenvalue weighted by Gasteiger charge is -2.37. The highest BCUT2D eigenvalue weighted by Gasteiger charge is 2.20. The second-order valence-corrected chi connectivity index (χ2v) is 6.53. The van der Waals surface area contributed by atoms with Gasteiger partial charge < -0.3 is 19.9 Å². The van der Waals surface area contributed by atoms with Gasteiger partial charge in [0.1, 0.15) is 5.75 Å². The number of piperazine rings is 1. The molecular formula is C20H30N6O. The Bertz CT molecular complexity index is 707. The number of anilines is 1. The molecule has 1 N–H and O–H groups in total. The number of nitrogens with zero attached hydrogens (tertiary/aromatic N) is 5. The van der Waals surface area contributed by atoms with Gasteiger partial charge in [0.15, 0.2) is 5.96 Å². The van der Waals surface area contributed by atoms with Crippen molar-refractivity contribution < 1.29 is 4.74 Å². The molecule has 7 nitrogen and oxygen atoms in total. The van der Waals surface area contributed by atoms with E-state index in [2.05, 4.69) is 39.3 Å². The molecule has 3 rings (SSSR count). The summed E-state index contributed by atoms with van der Waals surface area (Å²) in [5.41, 5.74) is 1.22. The molecule has 1 fully saturated rings. The molecule has 0 unspecified atom stereocenters. The number of aryl methyl sites for hydroxylation is 1. The number of nitrogens with one attached hydrogen (secondary N) is 1. The fourth-order valence-corrected chi connectivity index (χ4v) is 3.26. The fraction of sp³-hybridized carbons (Fsp3) is 0.500. The van der Waals surface area contributed by atoms with Crippen LogP contribution in [-0.4, -0.2) is 67.0 Å². The average Bonchev–Trinajstić information content (AvgIpc) is 3.24. The number of aliphatic imine (C=N–C) groups is 1. The van der Waals surface area contributed by atoms with Gasteiger partial charge in [-0.25, -0.2) is 0 Å². The molecule has 1 aromatic carbocycles. The number of ether oxygens (including phenoxy) is 1. The van der Waals surface area contributed by atoms with Gasteiger partial charge in [-0.15, -0.1) is 0 Å². The molecule has 0 aliphatic carbocycles. The molecule has 2 heterocycles. The van der Waals surface area contributed by atoms with Crippen molar-refractivity contribution in [1.82, 2.24) is 20.0 Å². The van der Waals surface area contributed by atoms with Gasteiger partial charge in [0.2, 0.25) is 0 Å². The summed E-state index contributed by atoms with van der Waals surface area (Å²) in [6.45, 7) is 8.58. The van der Waals surface area contributed by atoms with E-state index in [1.165, 1.54) is 5.69 Å². The van der Waals surface area contributed by atoms with Crippen molar-refractivity contribution in [2.45, 2.75) is 19.9 Å². The monoisotopic (exact) mass is 370 g/mol. The lowest BCUT2D eigenvalue weighted by atomic mass is 10.2. The highest BCUT2D eigenvalue weighted by atomic mass is 16.5. The van der Waals surface area contributed by atoms with Crippen LogP contribution in [0.3, 0.4) is 0 Å². The number of aromatic nitrogens is 2. The van der Waals surface area contributed by atoms with Crippen molar-refractivity contribution in [2.75, 3.05) is 51.3 Å². The van der Waals surface area contributed by atoms with Crippen LogP contribution >= 0.6 is 0 Å². The first-order valence-electron chi connectivity index (χ1n) is 9.70. The first kappa shape index (κ1) is 19.1. The predicted octanol–water partition coefficient (Wildman–Crippen LogP) is 2.07. The zero-order chi connectivity index (χ0) is 18.9. The highest BCUT2D eigenvalue weighted by molar-refractivity contribution is 5.80. The number of hydrogen-bond donors (Lipinski definition) is 1. The van der Waals surface area contributed by atoms with E-state index in [1.54, 1.807) is 7.11 Å². The van der Waals surface area contributed by atoms with Gasteiger partial charge >= 0.3 is 0 Å². The molecule has 2 aromatic rings. The minimum atomic E-state index is 0.804. The first-order valence-corrected chi connectivity index (χ1v) is 9.70. The molecular weight excluding hydrogens is 340 g/mol. The van der Waals surface area contributed by atoms with E-state index < -0.39 is 0 Å². The number of benzene rings is 1. The summed E-state index contributed by atoms with van der Waals surface area (Å²) in [4.78, 5) is 9.57. The van der Waals surface area contributed by atoms with Crippen LogP contribution in [0.4, 0.5) is 5.69 Å². The topological polar surface area (TPSA) is 57.9 Å². The number of guanidine groups is 1. The van der Waals surface area contributed by atoms with Gasteiger partial charge in [0.25, 0.3) is 0 Å². The molecule has 0 spiro atoms. The van der Waals surface area contributed by atoms with Crippen molar-refractivity contribution in [3.8, 4) is 5.75 Å². The van der Waals surface area contributed by atoms with Crippen LogP contribution < -0.4 is 15.0 Å². The van der Waals surface area contributed by atoms with Crippen molar-refractivity contribution in [2.24, 2.45) is 4.99 Å². The molecule has 0 bridgehead atoms. The molecule has 27 heavy (non-hydrogen) atoms. The van der Waals surface area contributed by atoms with Crippen molar-refractivity contribution in [1.29, 1.82) is 0 Å². The van der Waals surface area contributed by atoms with E-state index in [0.29, 0.717) is 0 Å². The van der Waals surface area contributed by atoms with Crippen LogP contribution in [0.2, 0.25) is 0 Å². The fourth-order valence-electron chi connectivity index (χ4n) is 3.26. The molecule has 1 aliphatic rings. The van der Waals surface area contributed by atoms with Crippen LogP contribution in [-0.2, 0) is 6.54 Å². The largest absolute Gasteiger partial charge is 0.497 e. The highest BCUT2D eigenvalue weighted by Crippen LogP contribution is 2.22. The maximum atomic E-state index is 5.35. The molecule has 7 heteroatoms. The summed E-state index contributed by atoms with van der Waals surface area (Å²) < 4.78 is 7.30. The molecule has 0 atom stereocenters. The minimum Gasteiger partial charge on any atom is -0.497 e. The Morgan fingerprint density at radius 1 is 1.22 bits per heavy atom. The second kappa shape index (κ2) is 9.85. The van der Waals surface area contributed by atoms with E-state index in [1.807, 2.05) is 35.3 Å². The van der Waals surface area contributed by atoms with Crippen molar-refractivity contribution in [3.63, 3.8) is 0 Å². The lowest BCUT2D eigenvalue weighted by molar-refractivity contribution is 0.371. The van der Waals surface area contributed by atoms with Gasteiger partial charge in [0.05, 0.1) is 7.11 Å². The van der Waals surface area contributed by atoms with Crippen LogP contribution in [0.1, 0.15) is 13.3 Å². The summed E-state index contributed by atoms with van der Waals surface area (Å²) in [6, 6.07) is 10.2. The van der Waals surface area contributed by atoms with E-state index in [-0.39, 0.29) is 0 Å². The standard InChI is InChI=1S/C20H30N6O/c1-3-21-20(22-9-5-11-26-12-6-10-23-26)25-15-13-24(14-16-25)18-7-4-8-19(17-18)27-2/h4,6-8,10,12,17H,3,5,9,11,13-16H2,1-2H3,(H,21,22). The predicted molar refractivity (Wildman–Crippen MR) is 110 cm³/mol. The van der Waals surface area contributed by atoms with Crippen molar-refractivity contribution in [3.05, 3.63) is 42.7 Å². The Morgan fingerprint density at radius 2 is 2.07 bits per heavy atom. The van der Waals surface area contributed by atoms with Crippen LogP contribution in [0.15, 0.2) is 47.7 Å². The van der Waals surface area contributed by atoms with Gasteiger partial charge in [-0.05, 0) is 31.5 Å². The third-order valence-corrected chi connectivity index (χ3v) is 4.70. The molecule has 0 saturated carbocycles. The van der Waals surface area contributed by atoms with E-state index >= 15 is 0 Å². The Kier molecular flexibility index (Phi) is 6.96. The Labute approximate surface area is 161 Å². The smallest absolute Gasteiger partial charge is 0.194 e. The van der Waals surface area contributed by atoms with Gasteiger partial charge in [-0.3, -0.25) is 9.67 Å². The molecule has 1 aliphatic heterocycles. The number of hydrogen-bond acceptors (Lipinski definition) is 4. The van der Waals surface area contributed by atoms with E-state index in [4.69, 9.17) is 9.73 Å². The summed E-state index contributed by atoms with van der Waals surface area (Å²) in [5, 5.41) is 7.67. The third-order valence-electron chi connectivity index (χ3n) is 4.70. The molecule has 0 radical (unpaired) electrons. The quantitative estimate of drug-likeness (QED) is 0.459. The lowest BCUT2D eigenvalue weighted by Crippen LogP contribution is -2.52. The summed E-state index contributed by atoms with van der Waals surface area (Å²) in [6.07, 6.45) is 4.79. The zero-order valence-electron chi connectivity index (χ0n) is 16.3. The van der Waals surface area contributed by atoms with Crippen LogP contribution in [0.25, 0.3) is 0 Å². The maximum absolute atomic E-state index is 5.35. The number of methoxy groups -OCH3 is 1. The van der Waals surface area contributed by atoms with E-state index in [0.717, 1.165) is 63.9 Å². The minimum absolute atomic E-state index is 0.804. The van der Waals surface area contributed by atoms with Gasteiger partial charge in [0, 0.05) is 70.0 Å². The van der Waals surface area contributed by atoms with Crippen LogP contribution in [0, 0.1) is 0 Å². The molecule has 0 amide bonds. The SMILES string of the molecule is CCNC(=NCCCn1cccn1)N1CCN(c2cccc(OC)c2)CC1. The second-order valence-electron chi connectivity index (χ2n) is 6.53. The van der Waals surface area contributed by atoms with Crippen molar-refractivity contribution >= 4 is 11.6 Å². The van der Waals surface area contributed by atoms with Crippen LogP contribution in [0.5, 0.6) is 5.75 Å². The average molecular weight is 371 g/mol. The third kappa shape index (κ3) is 5.39. The van der Waals surface area contributed by atoms with Gasteiger partial charge in [-0.2, -0.15) is 5.10 Å². The summed E-state index contributed by atoms with van der Waals surface area (Å²) in [7, 11) is 1.71. The Morgan fingerprint density at radius 3 is 2.78 bits per heavy atom. The summed E-state index contributed by atoms with van der Waals surface area (Å²) >= 11 is 0. The maximum Gasteiger partial charge on any atom is 0.194 e. The number of rotatable bonds is 7. The normalized spacial score (nSPS) is 15.1. The Balaban J connectivity index is 1.52. The Hall–Kier alpha value is -2.70.